The predicted molar refractivity (Wildman–Crippen MR) is 49.9 cm³/mol. The molecule has 0 spiro atoms. The van der Waals surface area contributed by atoms with Gasteiger partial charge in [-0.15, -0.1) is 0 Å². The molecule has 0 N–H and O–H groups in total. The number of hydrogen-bond donors (Lipinski definition) is 0. The van der Waals surface area contributed by atoms with Crippen molar-refractivity contribution >= 4 is 6.21 Å². The largest absolute Gasteiger partial charge is 0.362 e. The molecule has 0 aromatic rings. The summed E-state index contributed by atoms with van der Waals surface area (Å²) in [5, 5.41) is 0. The summed E-state index contributed by atoms with van der Waals surface area (Å²) in [5.74, 6) is 0. The quantitative estimate of drug-likeness (QED) is 0.543. The Hall–Kier alpha value is -0.830. The van der Waals surface area contributed by atoms with Crippen LogP contribution in [0.25, 0.3) is 0 Å². The van der Waals surface area contributed by atoms with Crippen LogP contribution in [-0.4, -0.2) is 50.4 Å². The van der Waals surface area contributed by atoms with Gasteiger partial charge in [0.1, 0.15) is 6.67 Å². The second-order valence-corrected chi connectivity index (χ2v) is 2.71. The lowest BCUT2D eigenvalue weighted by atomic mass is 10.6. The molecule has 0 heterocycles. The Morgan fingerprint density at radius 3 is 2.45 bits per heavy atom. The molecule has 3 nitrogen and oxygen atoms in total. The summed E-state index contributed by atoms with van der Waals surface area (Å²) >= 11 is 0. The van der Waals surface area contributed by atoms with Crippen LogP contribution in [0, 0.1) is 0 Å². The number of aliphatic imine (C=N–C) groups is 1. The Kier molecular flexibility index (Phi) is 5.47. The third kappa shape index (κ3) is 7.06. The van der Waals surface area contributed by atoms with Gasteiger partial charge in [-0.2, -0.15) is 0 Å². The Bertz CT molecular complexity index is 129. The Balaban J connectivity index is 3.36. The second kappa shape index (κ2) is 5.92. The molecule has 64 valence electrons. The van der Waals surface area contributed by atoms with Gasteiger partial charge < -0.3 is 9.80 Å². The number of rotatable bonds is 5. The normalized spacial score (nSPS) is 10.9. The summed E-state index contributed by atoms with van der Waals surface area (Å²) < 4.78 is 0. The summed E-state index contributed by atoms with van der Waals surface area (Å²) in [6.07, 6.45) is 3.66. The standard InChI is InChI=1S/C8H17N3/c1-5-11(4)8-9-6-7-10(2)3/h5-6H,1,7-8H2,2-4H3. The first-order valence-corrected chi connectivity index (χ1v) is 3.62. The first kappa shape index (κ1) is 10.2. The molecule has 0 aromatic carbocycles. The molecule has 0 aliphatic carbocycles. The zero-order valence-electron chi connectivity index (χ0n) is 7.62. The van der Waals surface area contributed by atoms with Crippen molar-refractivity contribution < 1.29 is 0 Å². The van der Waals surface area contributed by atoms with Crippen molar-refractivity contribution in [2.24, 2.45) is 4.99 Å². The van der Waals surface area contributed by atoms with Crippen LogP contribution in [0.5, 0.6) is 0 Å². The van der Waals surface area contributed by atoms with Gasteiger partial charge in [0, 0.05) is 19.8 Å². The van der Waals surface area contributed by atoms with Crippen molar-refractivity contribution in [3.8, 4) is 0 Å². The Morgan fingerprint density at radius 1 is 1.36 bits per heavy atom. The van der Waals surface area contributed by atoms with E-state index in [-0.39, 0.29) is 0 Å². The van der Waals surface area contributed by atoms with Gasteiger partial charge in [-0.25, -0.2) is 0 Å². The molecule has 0 saturated carbocycles. The summed E-state index contributed by atoms with van der Waals surface area (Å²) in [6.45, 7) is 5.20. The third-order valence-electron chi connectivity index (χ3n) is 1.19. The van der Waals surface area contributed by atoms with Gasteiger partial charge in [0.2, 0.25) is 0 Å². The maximum Gasteiger partial charge on any atom is 0.109 e. The van der Waals surface area contributed by atoms with Crippen LogP contribution < -0.4 is 0 Å². The second-order valence-electron chi connectivity index (χ2n) is 2.71. The van der Waals surface area contributed by atoms with Gasteiger partial charge in [0.05, 0.1) is 0 Å². The SMILES string of the molecule is C=CN(C)CN=CCN(C)C. The van der Waals surface area contributed by atoms with E-state index < -0.39 is 0 Å². The van der Waals surface area contributed by atoms with Crippen LogP contribution in [-0.2, 0) is 0 Å². The highest BCUT2D eigenvalue weighted by atomic mass is 15.2. The van der Waals surface area contributed by atoms with E-state index in [1.807, 2.05) is 32.3 Å². The van der Waals surface area contributed by atoms with E-state index in [0.29, 0.717) is 6.67 Å². The lowest BCUT2D eigenvalue weighted by molar-refractivity contribution is 0.461. The molecule has 0 radical (unpaired) electrons. The fourth-order valence-electron chi connectivity index (χ4n) is 0.465. The topological polar surface area (TPSA) is 18.8 Å². The lowest BCUT2D eigenvalue weighted by Gasteiger charge is -2.09. The summed E-state index contributed by atoms with van der Waals surface area (Å²) in [7, 11) is 5.98. The van der Waals surface area contributed by atoms with Gasteiger partial charge in [-0.3, -0.25) is 4.99 Å². The molecule has 0 aromatic heterocycles. The van der Waals surface area contributed by atoms with E-state index in [1.165, 1.54) is 0 Å². The van der Waals surface area contributed by atoms with Gasteiger partial charge in [0.15, 0.2) is 0 Å². The minimum Gasteiger partial charge on any atom is -0.362 e. The minimum atomic E-state index is 0.692. The fourth-order valence-corrected chi connectivity index (χ4v) is 0.465. The smallest absolute Gasteiger partial charge is 0.109 e. The number of hydrogen-bond acceptors (Lipinski definition) is 3. The first-order valence-electron chi connectivity index (χ1n) is 3.62. The molecule has 0 aliphatic rings. The lowest BCUT2D eigenvalue weighted by Crippen LogP contribution is -2.15. The maximum atomic E-state index is 4.17. The van der Waals surface area contributed by atoms with Gasteiger partial charge >= 0.3 is 0 Å². The molecule has 3 heteroatoms. The van der Waals surface area contributed by atoms with Gasteiger partial charge in [0.25, 0.3) is 0 Å². The predicted octanol–water partition coefficient (Wildman–Crippen LogP) is 0.652. The molecule has 11 heavy (non-hydrogen) atoms. The summed E-state index contributed by atoms with van der Waals surface area (Å²) in [5.41, 5.74) is 0. The van der Waals surface area contributed by atoms with E-state index in [0.717, 1.165) is 6.54 Å². The van der Waals surface area contributed by atoms with E-state index in [2.05, 4.69) is 16.5 Å². The number of nitrogens with zero attached hydrogens (tertiary/aromatic N) is 3. The van der Waals surface area contributed by atoms with Crippen LogP contribution in [0.1, 0.15) is 0 Å². The summed E-state index contributed by atoms with van der Waals surface area (Å²) in [6, 6.07) is 0. The summed E-state index contributed by atoms with van der Waals surface area (Å²) in [4.78, 5) is 8.16. The van der Waals surface area contributed by atoms with Crippen LogP contribution in [0.2, 0.25) is 0 Å². The molecule has 0 bridgehead atoms. The average molecular weight is 155 g/mol. The maximum absolute atomic E-state index is 4.17. The van der Waals surface area contributed by atoms with E-state index >= 15 is 0 Å². The highest BCUT2D eigenvalue weighted by Crippen LogP contribution is 1.80. The van der Waals surface area contributed by atoms with Crippen LogP contribution in [0.15, 0.2) is 17.8 Å². The van der Waals surface area contributed by atoms with Gasteiger partial charge in [-0.1, -0.05) is 6.58 Å². The third-order valence-corrected chi connectivity index (χ3v) is 1.19. The monoisotopic (exact) mass is 155 g/mol. The highest BCUT2D eigenvalue weighted by molar-refractivity contribution is 5.59. The van der Waals surface area contributed by atoms with Crippen molar-refractivity contribution in [3.05, 3.63) is 12.8 Å². The van der Waals surface area contributed by atoms with Gasteiger partial charge in [-0.05, 0) is 20.3 Å². The molecule has 0 unspecified atom stereocenters. The Morgan fingerprint density at radius 2 is 2.00 bits per heavy atom. The van der Waals surface area contributed by atoms with Crippen molar-refractivity contribution in [1.82, 2.24) is 9.80 Å². The van der Waals surface area contributed by atoms with Crippen LogP contribution in [0.3, 0.4) is 0 Å². The van der Waals surface area contributed by atoms with Crippen LogP contribution in [0.4, 0.5) is 0 Å². The van der Waals surface area contributed by atoms with Crippen molar-refractivity contribution in [2.75, 3.05) is 34.4 Å². The zero-order chi connectivity index (χ0) is 8.69. The van der Waals surface area contributed by atoms with E-state index in [4.69, 9.17) is 0 Å². The first-order chi connectivity index (χ1) is 5.16. The van der Waals surface area contributed by atoms with Crippen molar-refractivity contribution in [1.29, 1.82) is 0 Å². The highest BCUT2D eigenvalue weighted by Gasteiger charge is 1.84. The fraction of sp³-hybridized carbons (Fsp3) is 0.625. The Labute approximate surface area is 69.0 Å². The van der Waals surface area contributed by atoms with Crippen molar-refractivity contribution in [3.63, 3.8) is 0 Å². The van der Waals surface area contributed by atoms with E-state index in [9.17, 15) is 0 Å². The van der Waals surface area contributed by atoms with E-state index in [1.54, 1.807) is 6.20 Å². The average Bonchev–Trinajstić information content (AvgIpc) is 1.97. The molecule has 0 atom stereocenters. The molecular weight excluding hydrogens is 138 g/mol. The molecular formula is C8H17N3. The molecule has 0 saturated heterocycles. The molecule has 0 aliphatic heterocycles. The molecule has 0 fully saturated rings. The van der Waals surface area contributed by atoms with Crippen LogP contribution >= 0.6 is 0 Å². The minimum absolute atomic E-state index is 0.692. The molecule has 0 rings (SSSR count). The van der Waals surface area contributed by atoms with Crippen molar-refractivity contribution in [2.45, 2.75) is 0 Å². The zero-order valence-corrected chi connectivity index (χ0v) is 7.62. The molecule has 0 amide bonds.